The van der Waals surface area contributed by atoms with Crippen molar-refractivity contribution < 1.29 is 0 Å². The highest BCUT2D eigenvalue weighted by Crippen LogP contribution is 2.24. The van der Waals surface area contributed by atoms with Crippen molar-refractivity contribution in [2.75, 3.05) is 0 Å². The smallest absolute Gasteiger partial charge is 0.257 e. The first-order chi connectivity index (χ1) is 11.2. The molecule has 5 nitrogen and oxygen atoms in total. The van der Waals surface area contributed by atoms with Crippen LogP contribution < -0.4 is 5.56 Å². The Morgan fingerprint density at radius 1 is 1.00 bits per heavy atom. The van der Waals surface area contributed by atoms with E-state index in [1.54, 1.807) is 17.1 Å². The van der Waals surface area contributed by atoms with Crippen molar-refractivity contribution in [3.8, 4) is 22.4 Å². The second-order valence-electron chi connectivity index (χ2n) is 5.46. The lowest BCUT2D eigenvalue weighted by Gasteiger charge is -2.05. The molecule has 0 saturated carbocycles. The van der Waals surface area contributed by atoms with Crippen LogP contribution in [0.1, 0.15) is 0 Å². The van der Waals surface area contributed by atoms with Gasteiger partial charge in [0.15, 0.2) is 0 Å². The number of aromatic nitrogens is 4. The molecule has 0 atom stereocenters. The lowest BCUT2D eigenvalue weighted by Crippen LogP contribution is -2.07. The summed E-state index contributed by atoms with van der Waals surface area (Å²) in [5.41, 5.74) is 3.80. The van der Waals surface area contributed by atoms with Gasteiger partial charge in [-0.05, 0) is 28.6 Å². The number of hydrogen-bond acceptors (Lipinski definition) is 3. The molecule has 3 aromatic heterocycles. The standard InChI is InChI=1S/C18H14N4O/c1-22-11-15(9-20-22)12-2-4-13(5-3-12)17-8-14-6-7-19-10-16(14)18(23)21-17/h2-11H,1H3,(H,21,23). The van der Waals surface area contributed by atoms with Gasteiger partial charge < -0.3 is 4.98 Å². The van der Waals surface area contributed by atoms with Gasteiger partial charge >= 0.3 is 0 Å². The van der Waals surface area contributed by atoms with E-state index in [2.05, 4.69) is 15.1 Å². The van der Waals surface area contributed by atoms with Crippen LogP contribution in [-0.4, -0.2) is 19.7 Å². The van der Waals surface area contributed by atoms with Gasteiger partial charge in [-0.2, -0.15) is 5.10 Å². The largest absolute Gasteiger partial charge is 0.321 e. The third-order valence-electron chi connectivity index (χ3n) is 3.88. The molecule has 1 aromatic carbocycles. The normalized spacial score (nSPS) is 11.0. The van der Waals surface area contributed by atoms with E-state index in [1.807, 2.05) is 55.8 Å². The number of fused-ring (bicyclic) bond motifs is 1. The number of nitrogens with one attached hydrogen (secondary N) is 1. The van der Waals surface area contributed by atoms with E-state index in [9.17, 15) is 4.79 Å². The van der Waals surface area contributed by atoms with E-state index >= 15 is 0 Å². The molecular formula is C18H14N4O. The molecule has 0 aliphatic heterocycles. The summed E-state index contributed by atoms with van der Waals surface area (Å²) in [4.78, 5) is 19.1. The summed E-state index contributed by atoms with van der Waals surface area (Å²) in [7, 11) is 1.90. The van der Waals surface area contributed by atoms with Gasteiger partial charge in [0, 0.05) is 36.9 Å². The molecule has 4 rings (SSSR count). The number of rotatable bonds is 2. The summed E-state index contributed by atoms with van der Waals surface area (Å²) in [5, 5.41) is 5.67. The molecular weight excluding hydrogens is 288 g/mol. The van der Waals surface area contributed by atoms with Gasteiger partial charge in [-0.3, -0.25) is 14.5 Å². The Morgan fingerprint density at radius 2 is 1.78 bits per heavy atom. The van der Waals surface area contributed by atoms with E-state index in [-0.39, 0.29) is 5.56 Å². The maximum atomic E-state index is 12.2. The van der Waals surface area contributed by atoms with Crippen molar-refractivity contribution in [2.45, 2.75) is 0 Å². The molecule has 0 amide bonds. The Kier molecular flexibility index (Phi) is 3.05. The second-order valence-corrected chi connectivity index (χ2v) is 5.46. The first-order valence-corrected chi connectivity index (χ1v) is 7.27. The molecule has 112 valence electrons. The monoisotopic (exact) mass is 302 g/mol. The van der Waals surface area contributed by atoms with E-state index in [4.69, 9.17) is 0 Å². The maximum Gasteiger partial charge on any atom is 0.257 e. The maximum absolute atomic E-state index is 12.2. The zero-order valence-corrected chi connectivity index (χ0v) is 12.5. The summed E-state index contributed by atoms with van der Waals surface area (Å²) in [6.45, 7) is 0. The number of nitrogens with zero attached hydrogens (tertiary/aromatic N) is 3. The highest BCUT2D eigenvalue weighted by molar-refractivity contribution is 5.84. The summed E-state index contributed by atoms with van der Waals surface area (Å²) in [6, 6.07) is 11.9. The quantitative estimate of drug-likeness (QED) is 0.619. The van der Waals surface area contributed by atoms with E-state index in [1.165, 1.54) is 0 Å². The van der Waals surface area contributed by atoms with Crippen molar-refractivity contribution >= 4 is 10.8 Å². The van der Waals surface area contributed by atoms with Gasteiger partial charge in [0.1, 0.15) is 0 Å². The summed E-state index contributed by atoms with van der Waals surface area (Å²) >= 11 is 0. The SMILES string of the molecule is Cn1cc(-c2ccc(-c3cc4ccncc4c(=O)[nH]3)cc2)cn1. The molecule has 1 N–H and O–H groups in total. The molecule has 0 bridgehead atoms. The molecule has 0 radical (unpaired) electrons. The molecule has 0 spiro atoms. The fourth-order valence-electron chi connectivity index (χ4n) is 2.67. The van der Waals surface area contributed by atoms with Gasteiger partial charge in [0.05, 0.1) is 11.6 Å². The van der Waals surface area contributed by atoms with Gasteiger partial charge in [-0.1, -0.05) is 24.3 Å². The van der Waals surface area contributed by atoms with Crippen LogP contribution in [0, 0.1) is 0 Å². The molecule has 0 saturated heterocycles. The minimum absolute atomic E-state index is 0.123. The first-order valence-electron chi connectivity index (χ1n) is 7.27. The van der Waals surface area contributed by atoms with Gasteiger partial charge in [-0.25, -0.2) is 0 Å². The molecule has 23 heavy (non-hydrogen) atoms. The highest BCUT2D eigenvalue weighted by atomic mass is 16.1. The van der Waals surface area contributed by atoms with Gasteiger partial charge in [0.2, 0.25) is 0 Å². The Hall–Kier alpha value is -3.21. The van der Waals surface area contributed by atoms with Crippen molar-refractivity contribution in [3.63, 3.8) is 0 Å². The average molecular weight is 302 g/mol. The lowest BCUT2D eigenvalue weighted by molar-refractivity contribution is 0.768. The number of pyridine rings is 2. The third-order valence-corrected chi connectivity index (χ3v) is 3.88. The number of benzene rings is 1. The molecule has 5 heteroatoms. The number of H-pyrrole nitrogens is 1. The topological polar surface area (TPSA) is 63.6 Å². The Labute approximate surface area is 132 Å². The lowest BCUT2D eigenvalue weighted by atomic mass is 10.0. The highest BCUT2D eigenvalue weighted by Gasteiger charge is 2.05. The zero-order valence-electron chi connectivity index (χ0n) is 12.5. The van der Waals surface area contributed by atoms with E-state index in [0.29, 0.717) is 5.39 Å². The van der Waals surface area contributed by atoms with Gasteiger partial charge in [-0.15, -0.1) is 0 Å². The van der Waals surface area contributed by atoms with Crippen LogP contribution in [0.4, 0.5) is 0 Å². The average Bonchev–Trinajstić information content (AvgIpc) is 3.01. The molecule has 0 aliphatic carbocycles. The minimum Gasteiger partial charge on any atom is -0.321 e. The Bertz CT molecular complexity index is 1040. The van der Waals surface area contributed by atoms with E-state index < -0.39 is 0 Å². The molecule has 4 aromatic rings. The number of aromatic amines is 1. The molecule has 0 fully saturated rings. The fourth-order valence-corrected chi connectivity index (χ4v) is 2.67. The van der Waals surface area contributed by atoms with E-state index in [0.717, 1.165) is 27.8 Å². The van der Waals surface area contributed by atoms with Crippen LogP contribution in [-0.2, 0) is 7.05 Å². The number of hydrogen-bond donors (Lipinski definition) is 1. The van der Waals surface area contributed by atoms with Crippen LogP contribution in [0.25, 0.3) is 33.2 Å². The second kappa shape index (κ2) is 5.21. The van der Waals surface area contributed by atoms with Crippen molar-refractivity contribution in [2.24, 2.45) is 7.05 Å². The fraction of sp³-hybridized carbons (Fsp3) is 0.0556. The van der Waals surface area contributed by atoms with Crippen LogP contribution in [0.3, 0.4) is 0 Å². The predicted octanol–water partition coefficient (Wildman–Crippen LogP) is 2.99. The van der Waals surface area contributed by atoms with Crippen LogP contribution in [0.2, 0.25) is 0 Å². The van der Waals surface area contributed by atoms with Gasteiger partial charge in [0.25, 0.3) is 5.56 Å². The van der Waals surface area contributed by atoms with Crippen molar-refractivity contribution in [1.82, 2.24) is 19.7 Å². The minimum atomic E-state index is -0.123. The zero-order chi connectivity index (χ0) is 15.8. The summed E-state index contributed by atoms with van der Waals surface area (Å²) in [5.74, 6) is 0. The van der Waals surface area contributed by atoms with Crippen LogP contribution in [0.15, 0.2) is 66.0 Å². The van der Waals surface area contributed by atoms with Crippen molar-refractivity contribution in [1.29, 1.82) is 0 Å². The number of aryl methyl sites for hydroxylation is 1. The van der Waals surface area contributed by atoms with Crippen LogP contribution in [0.5, 0.6) is 0 Å². The van der Waals surface area contributed by atoms with Crippen LogP contribution >= 0.6 is 0 Å². The Balaban J connectivity index is 1.77. The predicted molar refractivity (Wildman–Crippen MR) is 90.0 cm³/mol. The molecule has 3 heterocycles. The summed E-state index contributed by atoms with van der Waals surface area (Å²) < 4.78 is 1.78. The summed E-state index contributed by atoms with van der Waals surface area (Å²) in [6.07, 6.45) is 7.08. The third kappa shape index (κ3) is 2.42. The molecule has 0 aliphatic rings. The Morgan fingerprint density at radius 3 is 2.52 bits per heavy atom. The van der Waals surface area contributed by atoms with Crippen molar-refractivity contribution in [3.05, 3.63) is 71.5 Å². The first kappa shape index (κ1) is 13.5. The molecule has 0 unspecified atom stereocenters.